The van der Waals surface area contributed by atoms with Gasteiger partial charge in [-0.25, -0.2) is 9.97 Å². The zero-order valence-corrected chi connectivity index (χ0v) is 19.7. The van der Waals surface area contributed by atoms with Gasteiger partial charge in [0.1, 0.15) is 5.52 Å². The molecule has 12 heteroatoms. The molecular weight excluding hydrogens is 460 g/mol. The molecule has 12 nitrogen and oxygen atoms in total. The van der Waals surface area contributed by atoms with Crippen molar-refractivity contribution in [2.45, 2.75) is 50.0 Å². The quantitative estimate of drug-likeness (QED) is 0.504. The molecule has 4 heterocycles. The number of hydrogen-bond donors (Lipinski definition) is 2. The molecule has 1 aliphatic heterocycles. The van der Waals surface area contributed by atoms with Crippen LogP contribution in [0.3, 0.4) is 0 Å². The highest BCUT2D eigenvalue weighted by atomic mass is 16.5. The Morgan fingerprint density at radius 3 is 2.72 bits per heavy atom. The molecule has 0 radical (unpaired) electrons. The van der Waals surface area contributed by atoms with Gasteiger partial charge < -0.3 is 15.0 Å². The molecule has 3 aromatic heterocycles. The number of fused-ring (bicyclic) bond motifs is 1. The molecular formula is C24H26N10O2. The molecule has 4 saturated carbocycles. The number of piperidine rings is 1. The van der Waals surface area contributed by atoms with Crippen LogP contribution < -0.4 is 15.0 Å². The van der Waals surface area contributed by atoms with Crippen LogP contribution in [-0.2, 0) is 0 Å². The van der Waals surface area contributed by atoms with E-state index in [4.69, 9.17) is 10.00 Å². The number of aromatic nitrogens is 7. The van der Waals surface area contributed by atoms with Crippen molar-refractivity contribution in [2.24, 2.45) is 17.8 Å². The lowest BCUT2D eigenvalue weighted by Crippen LogP contribution is -2.68. The second-order valence-corrected chi connectivity index (χ2v) is 10.6. The Morgan fingerprint density at radius 2 is 2.00 bits per heavy atom. The van der Waals surface area contributed by atoms with Gasteiger partial charge in [-0.1, -0.05) is 0 Å². The number of carbonyl (C=O) groups is 1. The van der Waals surface area contributed by atoms with Crippen LogP contribution in [0.15, 0.2) is 12.4 Å². The van der Waals surface area contributed by atoms with Gasteiger partial charge in [0.2, 0.25) is 11.8 Å². The summed E-state index contributed by atoms with van der Waals surface area (Å²) >= 11 is 0. The number of amides is 1. The minimum absolute atomic E-state index is 0.0280. The minimum Gasteiger partial charge on any atom is -0.463 e. The normalized spacial score (nSPS) is 28.6. The van der Waals surface area contributed by atoms with Crippen LogP contribution in [-0.4, -0.2) is 66.3 Å². The number of aromatic amines is 1. The van der Waals surface area contributed by atoms with Crippen LogP contribution in [0, 0.1) is 29.1 Å². The molecule has 5 fully saturated rings. The minimum atomic E-state index is -0.278. The average molecular weight is 487 g/mol. The van der Waals surface area contributed by atoms with Crippen molar-refractivity contribution < 1.29 is 9.53 Å². The third-order valence-electron chi connectivity index (χ3n) is 8.13. The maximum Gasteiger partial charge on any atom is 0.321 e. The molecule has 0 unspecified atom stereocenters. The maximum atomic E-state index is 13.0. The lowest BCUT2D eigenvalue weighted by atomic mass is 9.50. The number of H-pyrrole nitrogens is 1. The highest BCUT2D eigenvalue weighted by molar-refractivity contribution is 5.91. The van der Waals surface area contributed by atoms with E-state index in [9.17, 15) is 4.79 Å². The Bertz CT molecular complexity index is 1360. The molecule has 184 valence electrons. The van der Waals surface area contributed by atoms with E-state index in [0.29, 0.717) is 31.3 Å². The lowest BCUT2D eigenvalue weighted by Gasteiger charge is -2.61. The lowest BCUT2D eigenvalue weighted by molar-refractivity contribution is -0.0441. The van der Waals surface area contributed by atoms with Crippen molar-refractivity contribution >= 4 is 23.0 Å². The summed E-state index contributed by atoms with van der Waals surface area (Å²) in [6.45, 7) is 1.77. The van der Waals surface area contributed by atoms with Crippen molar-refractivity contribution in [1.29, 1.82) is 5.26 Å². The van der Waals surface area contributed by atoms with E-state index in [1.54, 1.807) is 12.4 Å². The number of carbonyl (C=O) groups excluding carboxylic acids is 1. The first-order valence-electron chi connectivity index (χ1n) is 12.6. The Morgan fingerprint density at radius 1 is 1.19 bits per heavy atom. The van der Waals surface area contributed by atoms with Crippen LogP contribution >= 0.6 is 0 Å². The van der Waals surface area contributed by atoms with Gasteiger partial charge >= 0.3 is 6.01 Å². The zero-order chi connectivity index (χ0) is 24.3. The highest BCUT2D eigenvalue weighted by Crippen LogP contribution is 2.57. The molecule has 0 aromatic carbocycles. The van der Waals surface area contributed by atoms with Gasteiger partial charge in [-0.05, 0) is 44.4 Å². The number of nitrogens with zero attached hydrogens (tertiary/aromatic N) is 8. The van der Waals surface area contributed by atoms with Crippen LogP contribution in [0.2, 0.25) is 0 Å². The number of rotatable bonds is 7. The molecule has 2 N–H and O–H groups in total. The summed E-state index contributed by atoms with van der Waals surface area (Å²) in [5, 5.41) is 19.7. The summed E-state index contributed by atoms with van der Waals surface area (Å²) in [6.07, 6.45) is 8.96. The van der Waals surface area contributed by atoms with Crippen LogP contribution in [0.4, 0.5) is 5.95 Å². The van der Waals surface area contributed by atoms with Gasteiger partial charge in [0.15, 0.2) is 5.65 Å². The number of ether oxygens (including phenoxy) is 1. The molecule has 0 spiro atoms. The predicted molar refractivity (Wildman–Crippen MR) is 126 cm³/mol. The molecule has 4 aliphatic carbocycles. The van der Waals surface area contributed by atoms with E-state index in [0.717, 1.165) is 55.7 Å². The molecule has 36 heavy (non-hydrogen) atoms. The number of nitriles is 1. The predicted octanol–water partition coefficient (Wildman–Crippen LogP) is 1.74. The summed E-state index contributed by atoms with van der Waals surface area (Å²) in [7, 11) is 0. The Hall–Kier alpha value is -3.88. The van der Waals surface area contributed by atoms with Gasteiger partial charge in [-0.15, -0.1) is 0 Å². The first-order valence-corrected chi connectivity index (χ1v) is 12.6. The van der Waals surface area contributed by atoms with Crippen molar-refractivity contribution in [2.75, 3.05) is 24.6 Å². The van der Waals surface area contributed by atoms with E-state index in [1.165, 1.54) is 0 Å². The summed E-state index contributed by atoms with van der Waals surface area (Å²) < 4.78 is 5.84. The second-order valence-electron chi connectivity index (χ2n) is 10.6. The fourth-order valence-electron chi connectivity index (χ4n) is 5.76. The third-order valence-corrected chi connectivity index (χ3v) is 8.13. The molecule has 2 atom stereocenters. The number of hydrogen-bond acceptors (Lipinski definition) is 10. The summed E-state index contributed by atoms with van der Waals surface area (Å²) in [6, 6.07) is 2.41. The maximum absolute atomic E-state index is 13.0. The molecule has 1 amide bonds. The fraction of sp³-hybridized carbons (Fsp3) is 0.583. The van der Waals surface area contributed by atoms with Crippen molar-refractivity contribution in [1.82, 2.24) is 40.4 Å². The third kappa shape index (κ3) is 3.70. The van der Waals surface area contributed by atoms with Gasteiger partial charge in [-0.3, -0.25) is 9.89 Å². The van der Waals surface area contributed by atoms with E-state index in [1.807, 2.05) is 0 Å². The number of anilines is 1. The van der Waals surface area contributed by atoms with E-state index in [-0.39, 0.29) is 41.0 Å². The van der Waals surface area contributed by atoms with E-state index in [2.05, 4.69) is 51.4 Å². The summed E-state index contributed by atoms with van der Waals surface area (Å²) in [5.74, 6) is 1.47. The van der Waals surface area contributed by atoms with E-state index >= 15 is 0 Å². The summed E-state index contributed by atoms with van der Waals surface area (Å²) in [5.41, 5.74) is 2.38. The Labute approximate surface area is 206 Å². The monoisotopic (exact) mass is 486 g/mol. The van der Waals surface area contributed by atoms with Crippen LogP contribution in [0.25, 0.3) is 11.2 Å². The largest absolute Gasteiger partial charge is 0.463 e. The van der Waals surface area contributed by atoms with Crippen molar-refractivity contribution in [3.63, 3.8) is 0 Å². The highest BCUT2D eigenvalue weighted by Gasteiger charge is 2.57. The standard InChI is InChI=1S/C24H26N10O2/c25-11-15-7-16(15)12-36-23-29-20(21(35)31-24-8-13(9-24)10-24)28-22(30-23)34-5-1-14(2-6-34)17-18-19(33-32-17)27-4-3-26-18/h3-4,13-16H,1-2,5-10,12H2,(H,31,35)(H,27,32,33)/t13?,15-,16+,24?/m0/s1. The van der Waals surface area contributed by atoms with Gasteiger partial charge in [-0.2, -0.15) is 25.3 Å². The van der Waals surface area contributed by atoms with Gasteiger partial charge in [0.25, 0.3) is 5.91 Å². The fourth-order valence-corrected chi connectivity index (χ4v) is 5.76. The first kappa shape index (κ1) is 21.4. The smallest absolute Gasteiger partial charge is 0.321 e. The molecule has 8 rings (SSSR count). The van der Waals surface area contributed by atoms with Gasteiger partial charge in [0.05, 0.1) is 24.3 Å². The summed E-state index contributed by atoms with van der Waals surface area (Å²) in [4.78, 5) is 37.3. The van der Waals surface area contributed by atoms with E-state index < -0.39 is 0 Å². The van der Waals surface area contributed by atoms with Crippen LogP contribution in [0.5, 0.6) is 6.01 Å². The Kier molecular flexibility index (Phi) is 4.80. The average Bonchev–Trinajstić information content (AvgIpc) is 3.51. The van der Waals surface area contributed by atoms with Crippen LogP contribution in [0.1, 0.15) is 60.8 Å². The number of nitrogens with one attached hydrogen (secondary N) is 2. The van der Waals surface area contributed by atoms with Gasteiger partial charge in [0, 0.05) is 42.9 Å². The van der Waals surface area contributed by atoms with Crippen molar-refractivity contribution in [3.05, 3.63) is 23.9 Å². The zero-order valence-electron chi connectivity index (χ0n) is 19.7. The van der Waals surface area contributed by atoms with Crippen molar-refractivity contribution in [3.8, 4) is 12.1 Å². The topological polar surface area (TPSA) is 158 Å². The first-order chi connectivity index (χ1) is 17.6. The SMILES string of the molecule is N#C[C@@H]1C[C@@H]1COc1nc(C(=O)NC23CC(C2)C3)nc(N2CCC(c3n[nH]c4nccnc34)CC2)n1. The molecule has 1 saturated heterocycles. The Balaban J connectivity index is 1.09. The molecule has 3 aromatic rings. The molecule has 5 aliphatic rings. The molecule has 2 bridgehead atoms. The second kappa shape index (κ2) is 8.08.